The average Bonchev–Trinajstić information content (AvgIpc) is 2.97. The van der Waals surface area contributed by atoms with Gasteiger partial charge in [-0.1, -0.05) is 0 Å². The standard InChI is InChI=1S/C30H31FN5OP/c1-36(2)30-34-28(33-29(32)35-30)23-18-20-24(21-19-23)37-22-38(31,25-12-6-3-7-13-25,26-14-8-4-9-15-26)27-16-10-5-11-17-27/h3-21,28H,22H2,1-2H3,(H3,32,33,34,35). The SMILES string of the molecule is CN(C)C1=NC(c2ccc(OCP(F)(c3ccccc3)(c3ccccc3)c3ccccc3)cc2)N=C(N)N1. The summed E-state index contributed by atoms with van der Waals surface area (Å²) >= 11 is 0. The van der Waals surface area contributed by atoms with Gasteiger partial charge in [0.15, 0.2) is 0 Å². The summed E-state index contributed by atoms with van der Waals surface area (Å²) < 4.78 is 24.9. The molecule has 0 aromatic heterocycles. The molecule has 194 valence electrons. The Morgan fingerprint density at radius 3 is 1.68 bits per heavy atom. The van der Waals surface area contributed by atoms with Gasteiger partial charge in [-0.15, -0.1) is 0 Å². The topological polar surface area (TPSA) is 75.2 Å². The molecule has 0 radical (unpaired) electrons. The van der Waals surface area contributed by atoms with Crippen molar-refractivity contribution in [1.82, 2.24) is 10.2 Å². The molecule has 1 atom stereocenters. The molecule has 0 amide bonds. The van der Waals surface area contributed by atoms with Crippen LogP contribution in [0.25, 0.3) is 0 Å². The number of halogens is 1. The Hall–Kier alpha value is -4.22. The Morgan fingerprint density at radius 1 is 0.763 bits per heavy atom. The van der Waals surface area contributed by atoms with Crippen molar-refractivity contribution in [1.29, 1.82) is 0 Å². The van der Waals surface area contributed by atoms with E-state index in [1.165, 1.54) is 0 Å². The Kier molecular flexibility index (Phi) is 6.87. The minimum atomic E-state index is -4.50. The van der Waals surface area contributed by atoms with Gasteiger partial charge in [-0.05, 0) is 0 Å². The zero-order chi connectivity index (χ0) is 26.6. The predicted molar refractivity (Wildman–Crippen MR) is 157 cm³/mol. The van der Waals surface area contributed by atoms with Gasteiger partial charge in [0.1, 0.15) is 0 Å². The average molecular weight is 528 g/mol. The first-order valence-corrected chi connectivity index (χ1v) is 14.7. The number of hydrogen-bond acceptors (Lipinski definition) is 6. The zero-order valence-electron chi connectivity index (χ0n) is 21.4. The van der Waals surface area contributed by atoms with Crippen LogP contribution in [-0.4, -0.2) is 37.3 Å². The van der Waals surface area contributed by atoms with Crippen LogP contribution in [0.5, 0.6) is 5.75 Å². The van der Waals surface area contributed by atoms with E-state index in [0.29, 0.717) is 33.6 Å². The summed E-state index contributed by atoms with van der Waals surface area (Å²) in [5.41, 5.74) is 6.82. The predicted octanol–water partition coefficient (Wildman–Crippen LogP) is 4.27. The number of guanidine groups is 2. The third-order valence-electron chi connectivity index (χ3n) is 6.70. The Bertz CT molecular complexity index is 1350. The van der Waals surface area contributed by atoms with E-state index < -0.39 is 13.1 Å². The molecule has 0 aliphatic carbocycles. The van der Waals surface area contributed by atoms with E-state index in [2.05, 4.69) is 15.3 Å². The van der Waals surface area contributed by atoms with E-state index in [0.717, 1.165) is 5.56 Å². The number of nitrogens with two attached hydrogens (primary N) is 1. The Morgan fingerprint density at radius 2 is 1.24 bits per heavy atom. The van der Waals surface area contributed by atoms with E-state index in [-0.39, 0.29) is 6.35 Å². The zero-order valence-corrected chi connectivity index (χ0v) is 22.3. The van der Waals surface area contributed by atoms with Crippen LogP contribution in [0.1, 0.15) is 11.7 Å². The van der Waals surface area contributed by atoms with Gasteiger partial charge in [0.05, 0.1) is 0 Å². The van der Waals surface area contributed by atoms with Gasteiger partial charge in [0.2, 0.25) is 0 Å². The van der Waals surface area contributed by atoms with E-state index in [1.54, 1.807) is 0 Å². The van der Waals surface area contributed by atoms with Crippen LogP contribution >= 0.6 is 6.91 Å². The summed E-state index contributed by atoms with van der Waals surface area (Å²) in [6.45, 7) is -4.50. The number of rotatable bonds is 7. The van der Waals surface area contributed by atoms with Crippen molar-refractivity contribution in [3.05, 3.63) is 121 Å². The summed E-state index contributed by atoms with van der Waals surface area (Å²) in [4.78, 5) is 10.9. The summed E-state index contributed by atoms with van der Waals surface area (Å²) in [5.74, 6) is 1.49. The molecular formula is C30H31FN5OP. The molecule has 1 heterocycles. The third-order valence-corrected chi connectivity index (χ3v) is 11.4. The normalized spacial score (nSPS) is 16.3. The molecule has 3 N–H and O–H groups in total. The van der Waals surface area contributed by atoms with Gasteiger partial charge >= 0.3 is 223 Å². The first kappa shape index (κ1) is 25.4. The Labute approximate surface area is 222 Å². The van der Waals surface area contributed by atoms with Gasteiger partial charge in [0, 0.05) is 0 Å². The van der Waals surface area contributed by atoms with Crippen LogP contribution in [-0.2, 0) is 0 Å². The van der Waals surface area contributed by atoms with Crippen molar-refractivity contribution in [3.63, 3.8) is 0 Å². The number of nitrogens with zero attached hydrogens (tertiary/aromatic N) is 3. The van der Waals surface area contributed by atoms with Gasteiger partial charge < -0.3 is 0 Å². The number of nitrogens with one attached hydrogen (secondary N) is 1. The second-order valence-electron chi connectivity index (χ2n) is 9.39. The number of hydrogen-bond donors (Lipinski definition) is 2. The van der Waals surface area contributed by atoms with E-state index >= 15 is 4.20 Å². The van der Waals surface area contributed by atoms with Gasteiger partial charge in [0.25, 0.3) is 0 Å². The maximum absolute atomic E-state index is 18.5. The fraction of sp³-hybridized carbons (Fsp3) is 0.133. The third kappa shape index (κ3) is 4.61. The van der Waals surface area contributed by atoms with Crippen LogP contribution in [0.4, 0.5) is 4.20 Å². The number of aliphatic imine (C=N–C) groups is 2. The minimum absolute atomic E-state index is 0.135. The van der Waals surface area contributed by atoms with Crippen LogP contribution < -0.4 is 31.7 Å². The molecule has 4 aromatic rings. The molecule has 1 aliphatic heterocycles. The number of benzene rings is 4. The van der Waals surface area contributed by atoms with Crippen molar-refractivity contribution < 1.29 is 8.93 Å². The Balaban J connectivity index is 1.53. The first-order valence-electron chi connectivity index (χ1n) is 12.4. The fourth-order valence-electron chi connectivity index (χ4n) is 4.65. The van der Waals surface area contributed by atoms with Crippen molar-refractivity contribution in [3.8, 4) is 5.75 Å². The molecule has 38 heavy (non-hydrogen) atoms. The van der Waals surface area contributed by atoms with Crippen LogP contribution in [0.3, 0.4) is 0 Å². The van der Waals surface area contributed by atoms with Crippen LogP contribution in [0, 0.1) is 0 Å². The monoisotopic (exact) mass is 527 g/mol. The van der Waals surface area contributed by atoms with Crippen molar-refractivity contribution in [2.24, 2.45) is 15.7 Å². The molecule has 8 heteroatoms. The molecule has 4 aromatic carbocycles. The van der Waals surface area contributed by atoms with Crippen molar-refractivity contribution >= 4 is 34.7 Å². The second kappa shape index (κ2) is 10.3. The van der Waals surface area contributed by atoms with Gasteiger partial charge in [-0.2, -0.15) is 0 Å². The van der Waals surface area contributed by atoms with E-state index in [4.69, 9.17) is 10.5 Å². The molecule has 1 unspecified atom stereocenters. The summed E-state index contributed by atoms with van der Waals surface area (Å²) in [5, 5.41) is 4.82. The van der Waals surface area contributed by atoms with Crippen molar-refractivity contribution in [2.45, 2.75) is 6.17 Å². The molecule has 0 spiro atoms. The molecule has 0 saturated carbocycles. The summed E-state index contributed by atoms with van der Waals surface area (Å²) in [7, 11) is 3.76. The molecular weight excluding hydrogens is 496 g/mol. The first-order chi connectivity index (χ1) is 18.4. The number of ether oxygens (including phenoxy) is 1. The summed E-state index contributed by atoms with van der Waals surface area (Å²) in [6, 6.07) is 35.6. The van der Waals surface area contributed by atoms with Crippen LogP contribution in [0.15, 0.2) is 125 Å². The van der Waals surface area contributed by atoms with Gasteiger partial charge in [-0.25, -0.2) is 0 Å². The molecule has 0 saturated heterocycles. The van der Waals surface area contributed by atoms with Crippen LogP contribution in [0.2, 0.25) is 0 Å². The van der Waals surface area contributed by atoms with E-state index in [9.17, 15) is 0 Å². The van der Waals surface area contributed by atoms with Gasteiger partial charge in [-0.3, -0.25) is 0 Å². The summed E-state index contributed by atoms with van der Waals surface area (Å²) in [6.07, 6.45) is -0.606. The molecule has 1 aliphatic rings. The fourth-order valence-corrected chi connectivity index (χ4v) is 8.77. The van der Waals surface area contributed by atoms with E-state index in [1.807, 2.05) is 134 Å². The molecule has 0 fully saturated rings. The maximum atomic E-state index is 18.5. The second-order valence-corrected chi connectivity index (χ2v) is 13.6. The van der Waals surface area contributed by atoms with Crippen molar-refractivity contribution in [2.75, 3.05) is 20.4 Å². The quantitative estimate of drug-likeness (QED) is 0.352. The molecule has 6 nitrogen and oxygen atoms in total. The molecule has 0 bridgehead atoms. The molecule has 5 rings (SSSR count).